The molecule has 0 saturated heterocycles. The summed E-state index contributed by atoms with van der Waals surface area (Å²) >= 11 is 11.2. The molecule has 1 heterocycles. The van der Waals surface area contributed by atoms with E-state index in [1.54, 1.807) is 31.6 Å². The van der Waals surface area contributed by atoms with Crippen LogP contribution in [0.25, 0.3) is 0 Å². The summed E-state index contributed by atoms with van der Waals surface area (Å²) in [6, 6.07) is 7.68. The van der Waals surface area contributed by atoms with E-state index < -0.39 is 0 Å². The molecule has 0 saturated carbocycles. The molecule has 0 atom stereocenters. The summed E-state index contributed by atoms with van der Waals surface area (Å²) in [5, 5.41) is 3.85. The zero-order valence-electron chi connectivity index (χ0n) is 10.5. The van der Waals surface area contributed by atoms with Crippen molar-refractivity contribution in [2.24, 2.45) is 0 Å². The molecule has 0 aliphatic rings. The van der Waals surface area contributed by atoms with Crippen LogP contribution in [-0.4, -0.2) is 14.2 Å². The Morgan fingerprint density at radius 2 is 1.95 bits per heavy atom. The van der Waals surface area contributed by atoms with Gasteiger partial charge in [-0.1, -0.05) is 11.6 Å². The van der Waals surface area contributed by atoms with E-state index in [-0.39, 0.29) is 0 Å². The van der Waals surface area contributed by atoms with Crippen LogP contribution in [-0.2, 0) is 6.54 Å². The number of anilines is 1. The molecule has 0 fully saturated rings. The molecular weight excluding hydrogens is 350 g/mol. The summed E-state index contributed by atoms with van der Waals surface area (Å²) in [5.74, 6) is 1.32. The van der Waals surface area contributed by atoms with E-state index in [0.717, 1.165) is 16.0 Å². The molecule has 1 aromatic carbocycles. The van der Waals surface area contributed by atoms with E-state index in [2.05, 4.69) is 27.3 Å². The molecule has 2 aromatic rings. The largest absolute Gasteiger partial charge is 0.495 e. The molecule has 1 aromatic heterocycles. The van der Waals surface area contributed by atoms with Crippen LogP contribution in [0, 0.1) is 0 Å². The number of hydrogen-bond acceptors (Lipinski definition) is 4. The normalized spacial score (nSPS) is 10.3. The standard InChI is InChI=1S/C13H13BrClNO2S/c1-17-11-6-10(12(18-2)5-9(11)15)16-7-8-3-4-13(14)19-8/h3-6,16H,7H2,1-2H3. The smallest absolute Gasteiger partial charge is 0.143 e. The summed E-state index contributed by atoms with van der Waals surface area (Å²) in [5.41, 5.74) is 0.855. The van der Waals surface area contributed by atoms with Crippen LogP contribution in [0.2, 0.25) is 5.02 Å². The van der Waals surface area contributed by atoms with Crippen molar-refractivity contribution in [2.45, 2.75) is 6.54 Å². The zero-order valence-corrected chi connectivity index (χ0v) is 13.7. The van der Waals surface area contributed by atoms with E-state index >= 15 is 0 Å². The molecule has 102 valence electrons. The molecule has 0 unspecified atom stereocenters. The van der Waals surface area contributed by atoms with Gasteiger partial charge >= 0.3 is 0 Å². The maximum absolute atomic E-state index is 6.06. The molecule has 0 amide bonds. The average molecular weight is 363 g/mol. The molecular formula is C13H13BrClNO2S. The van der Waals surface area contributed by atoms with Crippen LogP contribution in [0.3, 0.4) is 0 Å². The number of thiophene rings is 1. The van der Waals surface area contributed by atoms with Gasteiger partial charge in [-0.25, -0.2) is 0 Å². The van der Waals surface area contributed by atoms with Crippen molar-refractivity contribution in [3.8, 4) is 11.5 Å². The van der Waals surface area contributed by atoms with Crippen molar-refractivity contribution in [3.05, 3.63) is 38.0 Å². The lowest BCUT2D eigenvalue weighted by Gasteiger charge is -2.13. The maximum Gasteiger partial charge on any atom is 0.143 e. The Hall–Kier alpha value is -0.910. The fraction of sp³-hybridized carbons (Fsp3) is 0.231. The van der Waals surface area contributed by atoms with Gasteiger partial charge in [0.15, 0.2) is 0 Å². The third-order valence-electron chi connectivity index (χ3n) is 2.56. The van der Waals surface area contributed by atoms with Crippen LogP contribution in [0.5, 0.6) is 11.5 Å². The first-order valence-corrected chi connectivity index (χ1v) is 7.52. The Kier molecular flexibility index (Phi) is 4.96. The van der Waals surface area contributed by atoms with Gasteiger partial charge in [0.25, 0.3) is 0 Å². The van der Waals surface area contributed by atoms with E-state index in [1.807, 2.05) is 12.1 Å². The number of nitrogens with one attached hydrogen (secondary N) is 1. The van der Waals surface area contributed by atoms with Crippen LogP contribution in [0.4, 0.5) is 5.69 Å². The van der Waals surface area contributed by atoms with Crippen molar-refractivity contribution in [3.63, 3.8) is 0 Å². The van der Waals surface area contributed by atoms with E-state index in [1.165, 1.54) is 4.88 Å². The lowest BCUT2D eigenvalue weighted by atomic mass is 10.2. The Balaban J connectivity index is 2.18. The lowest BCUT2D eigenvalue weighted by Crippen LogP contribution is -2.00. The maximum atomic E-state index is 6.06. The predicted octanol–water partition coefficient (Wildman–Crippen LogP) is 4.79. The monoisotopic (exact) mass is 361 g/mol. The SMILES string of the molecule is COc1cc(NCc2ccc(Br)s2)c(OC)cc1Cl. The quantitative estimate of drug-likeness (QED) is 0.829. The summed E-state index contributed by atoms with van der Waals surface area (Å²) in [6.07, 6.45) is 0. The summed E-state index contributed by atoms with van der Waals surface area (Å²) in [6.45, 7) is 0.720. The number of benzene rings is 1. The van der Waals surface area contributed by atoms with Crippen molar-refractivity contribution in [2.75, 3.05) is 19.5 Å². The molecule has 6 heteroatoms. The van der Waals surface area contributed by atoms with Gasteiger partial charge in [0.05, 0.1) is 28.7 Å². The predicted molar refractivity (Wildman–Crippen MR) is 83.9 cm³/mol. The van der Waals surface area contributed by atoms with E-state index in [4.69, 9.17) is 21.1 Å². The van der Waals surface area contributed by atoms with Crippen LogP contribution in [0.15, 0.2) is 28.1 Å². The van der Waals surface area contributed by atoms with E-state index in [9.17, 15) is 0 Å². The molecule has 0 aliphatic carbocycles. The van der Waals surface area contributed by atoms with Gasteiger partial charge in [-0.3, -0.25) is 0 Å². The zero-order chi connectivity index (χ0) is 13.8. The average Bonchev–Trinajstić information content (AvgIpc) is 2.82. The fourth-order valence-corrected chi connectivity index (χ4v) is 3.28. The summed E-state index contributed by atoms with van der Waals surface area (Å²) < 4.78 is 11.6. The minimum atomic E-state index is 0.531. The summed E-state index contributed by atoms with van der Waals surface area (Å²) in [4.78, 5) is 1.22. The minimum absolute atomic E-state index is 0.531. The molecule has 1 N–H and O–H groups in total. The minimum Gasteiger partial charge on any atom is -0.495 e. The molecule has 3 nitrogen and oxygen atoms in total. The number of hydrogen-bond donors (Lipinski definition) is 1. The highest BCUT2D eigenvalue weighted by molar-refractivity contribution is 9.11. The lowest BCUT2D eigenvalue weighted by molar-refractivity contribution is 0.404. The first-order chi connectivity index (χ1) is 9.13. The van der Waals surface area contributed by atoms with Gasteiger partial charge in [0.2, 0.25) is 0 Å². The van der Waals surface area contributed by atoms with Gasteiger partial charge < -0.3 is 14.8 Å². The highest BCUT2D eigenvalue weighted by atomic mass is 79.9. The molecule has 0 spiro atoms. The molecule has 0 bridgehead atoms. The van der Waals surface area contributed by atoms with E-state index in [0.29, 0.717) is 16.5 Å². The van der Waals surface area contributed by atoms with Crippen molar-refractivity contribution >= 4 is 44.6 Å². The Morgan fingerprint density at radius 3 is 2.53 bits per heavy atom. The van der Waals surface area contributed by atoms with Crippen molar-refractivity contribution < 1.29 is 9.47 Å². The topological polar surface area (TPSA) is 30.5 Å². The Labute approximate surface area is 129 Å². The second-order valence-electron chi connectivity index (χ2n) is 3.75. The second-order valence-corrected chi connectivity index (χ2v) is 6.70. The number of methoxy groups -OCH3 is 2. The molecule has 0 radical (unpaired) electrons. The van der Waals surface area contributed by atoms with Crippen molar-refractivity contribution in [1.82, 2.24) is 0 Å². The number of halogens is 2. The first-order valence-electron chi connectivity index (χ1n) is 5.53. The van der Waals surface area contributed by atoms with Gasteiger partial charge in [-0.2, -0.15) is 0 Å². The van der Waals surface area contributed by atoms with Gasteiger partial charge in [0, 0.05) is 23.6 Å². The molecule has 19 heavy (non-hydrogen) atoms. The third-order valence-corrected chi connectivity index (χ3v) is 4.47. The van der Waals surface area contributed by atoms with Gasteiger partial charge in [-0.15, -0.1) is 11.3 Å². The highest BCUT2D eigenvalue weighted by Gasteiger charge is 2.10. The van der Waals surface area contributed by atoms with Crippen LogP contribution in [0.1, 0.15) is 4.88 Å². The van der Waals surface area contributed by atoms with Gasteiger partial charge in [-0.05, 0) is 28.1 Å². The van der Waals surface area contributed by atoms with Crippen LogP contribution < -0.4 is 14.8 Å². The second kappa shape index (κ2) is 6.50. The molecule has 0 aliphatic heterocycles. The highest BCUT2D eigenvalue weighted by Crippen LogP contribution is 2.36. The van der Waals surface area contributed by atoms with Crippen molar-refractivity contribution in [1.29, 1.82) is 0 Å². The third kappa shape index (κ3) is 3.55. The Bertz CT molecular complexity index is 574. The summed E-state index contributed by atoms with van der Waals surface area (Å²) in [7, 11) is 3.21. The Morgan fingerprint density at radius 1 is 1.21 bits per heavy atom. The fourth-order valence-electron chi connectivity index (χ4n) is 1.63. The van der Waals surface area contributed by atoms with Gasteiger partial charge in [0.1, 0.15) is 11.5 Å². The molecule has 2 rings (SSSR count). The first kappa shape index (κ1) is 14.5. The number of ether oxygens (including phenoxy) is 2. The van der Waals surface area contributed by atoms with Crippen LogP contribution >= 0.6 is 38.9 Å². The number of rotatable bonds is 5.